The Hall–Kier alpha value is -2.45. The molecular weight excluding hydrogens is 242 g/mol. The number of carboxylic acid groups (broad SMARTS) is 1. The van der Waals surface area contributed by atoms with Crippen molar-refractivity contribution in [2.45, 2.75) is 12.6 Å². The van der Waals surface area contributed by atoms with E-state index in [-0.39, 0.29) is 25.5 Å². The average Bonchev–Trinajstić information content (AvgIpc) is 2.81. The van der Waals surface area contributed by atoms with Crippen LogP contribution in [0.5, 0.6) is 0 Å². The molecule has 2 N–H and O–H groups in total. The highest BCUT2D eigenvalue weighted by atomic mass is 16.4. The molecule has 9 nitrogen and oxygen atoms in total. The SMILES string of the molecule is O=C1CN(C(=O)Cn2cncn2)C(C(=O)O)CN1. The van der Waals surface area contributed by atoms with Gasteiger partial charge in [-0.25, -0.2) is 14.5 Å². The van der Waals surface area contributed by atoms with Gasteiger partial charge in [-0.15, -0.1) is 0 Å². The minimum Gasteiger partial charge on any atom is -0.480 e. The fourth-order valence-electron chi connectivity index (χ4n) is 1.67. The molecule has 18 heavy (non-hydrogen) atoms. The van der Waals surface area contributed by atoms with E-state index in [0.29, 0.717) is 0 Å². The van der Waals surface area contributed by atoms with Gasteiger partial charge < -0.3 is 15.3 Å². The van der Waals surface area contributed by atoms with Crippen LogP contribution in [0, 0.1) is 0 Å². The molecule has 1 aromatic rings. The molecular formula is C9H11N5O4. The normalized spacial score (nSPS) is 19.4. The molecule has 1 fully saturated rings. The third-order valence-electron chi connectivity index (χ3n) is 2.55. The van der Waals surface area contributed by atoms with Gasteiger partial charge in [-0.2, -0.15) is 5.10 Å². The minimum atomic E-state index is -1.15. The van der Waals surface area contributed by atoms with Gasteiger partial charge in [0.2, 0.25) is 11.8 Å². The molecule has 1 atom stereocenters. The molecule has 1 saturated heterocycles. The van der Waals surface area contributed by atoms with Gasteiger partial charge in [0.25, 0.3) is 0 Å². The number of hydrogen-bond donors (Lipinski definition) is 2. The summed E-state index contributed by atoms with van der Waals surface area (Å²) in [7, 11) is 0. The number of nitrogens with zero attached hydrogens (tertiary/aromatic N) is 4. The number of carboxylic acids is 1. The zero-order valence-corrected chi connectivity index (χ0v) is 9.31. The number of amides is 2. The van der Waals surface area contributed by atoms with E-state index in [9.17, 15) is 14.4 Å². The lowest BCUT2D eigenvalue weighted by molar-refractivity contribution is -0.154. The lowest BCUT2D eigenvalue weighted by atomic mass is 10.2. The zero-order chi connectivity index (χ0) is 13.1. The van der Waals surface area contributed by atoms with E-state index >= 15 is 0 Å². The Balaban J connectivity index is 2.09. The summed E-state index contributed by atoms with van der Waals surface area (Å²) in [5, 5.41) is 15.1. The maximum absolute atomic E-state index is 11.9. The van der Waals surface area contributed by atoms with Crippen LogP contribution >= 0.6 is 0 Å². The highest BCUT2D eigenvalue weighted by Gasteiger charge is 2.35. The van der Waals surface area contributed by atoms with E-state index in [0.717, 1.165) is 4.90 Å². The highest BCUT2D eigenvalue weighted by Crippen LogP contribution is 2.06. The predicted molar refractivity (Wildman–Crippen MR) is 56.2 cm³/mol. The molecule has 1 aromatic heterocycles. The predicted octanol–water partition coefficient (Wildman–Crippen LogP) is -2.31. The molecule has 0 bridgehead atoms. The van der Waals surface area contributed by atoms with Crippen LogP contribution in [0.3, 0.4) is 0 Å². The molecule has 0 aromatic carbocycles. The van der Waals surface area contributed by atoms with Crippen LogP contribution in [0.25, 0.3) is 0 Å². The molecule has 1 aliphatic rings. The fourth-order valence-corrected chi connectivity index (χ4v) is 1.67. The van der Waals surface area contributed by atoms with Crippen LogP contribution in [0.15, 0.2) is 12.7 Å². The quantitative estimate of drug-likeness (QED) is 0.625. The number of carbonyl (C=O) groups excluding carboxylic acids is 2. The lowest BCUT2D eigenvalue weighted by Crippen LogP contribution is -2.59. The third-order valence-corrected chi connectivity index (χ3v) is 2.55. The lowest BCUT2D eigenvalue weighted by Gasteiger charge is -2.32. The second-order valence-corrected chi connectivity index (χ2v) is 3.77. The standard InChI is InChI=1S/C9H11N5O4/c15-7-2-14(6(1-11-7)9(17)18)8(16)3-13-5-10-4-12-13/h4-6H,1-3H2,(H,11,15)(H,17,18). The molecule has 0 spiro atoms. The fraction of sp³-hybridized carbons (Fsp3) is 0.444. The summed E-state index contributed by atoms with van der Waals surface area (Å²) in [6.07, 6.45) is 2.61. The Kier molecular flexibility index (Phi) is 3.22. The van der Waals surface area contributed by atoms with Gasteiger partial charge in [0.15, 0.2) is 0 Å². The van der Waals surface area contributed by atoms with Crippen molar-refractivity contribution in [1.82, 2.24) is 25.0 Å². The first-order valence-corrected chi connectivity index (χ1v) is 5.19. The van der Waals surface area contributed by atoms with Crippen LogP contribution in [0.4, 0.5) is 0 Å². The maximum atomic E-state index is 11.9. The van der Waals surface area contributed by atoms with E-state index in [1.54, 1.807) is 0 Å². The van der Waals surface area contributed by atoms with Crippen LogP contribution in [0.2, 0.25) is 0 Å². The van der Waals surface area contributed by atoms with E-state index in [1.807, 2.05) is 0 Å². The first kappa shape index (κ1) is 12.0. The van der Waals surface area contributed by atoms with Crippen molar-refractivity contribution in [3.8, 4) is 0 Å². The smallest absolute Gasteiger partial charge is 0.328 e. The first-order chi connectivity index (χ1) is 8.58. The van der Waals surface area contributed by atoms with Crippen LogP contribution < -0.4 is 5.32 Å². The third kappa shape index (κ3) is 2.44. The van der Waals surface area contributed by atoms with Crippen molar-refractivity contribution in [2.75, 3.05) is 13.1 Å². The summed E-state index contributed by atoms with van der Waals surface area (Å²) in [4.78, 5) is 38.8. The number of nitrogens with one attached hydrogen (secondary N) is 1. The van der Waals surface area contributed by atoms with E-state index in [2.05, 4.69) is 15.4 Å². The average molecular weight is 253 g/mol. The molecule has 96 valence electrons. The summed E-state index contributed by atoms with van der Waals surface area (Å²) in [6.45, 7) is -0.487. The molecule has 9 heteroatoms. The largest absolute Gasteiger partial charge is 0.480 e. The summed E-state index contributed by atoms with van der Waals surface area (Å²) in [6, 6.07) is -1.04. The van der Waals surface area contributed by atoms with E-state index < -0.39 is 17.9 Å². The van der Waals surface area contributed by atoms with Crippen LogP contribution in [0.1, 0.15) is 0 Å². The van der Waals surface area contributed by atoms with Gasteiger partial charge in [-0.3, -0.25) is 9.59 Å². The minimum absolute atomic E-state index is 0.0860. The second-order valence-electron chi connectivity index (χ2n) is 3.77. The molecule has 2 amide bonds. The number of rotatable bonds is 3. The molecule has 2 rings (SSSR count). The Morgan fingerprint density at radius 1 is 1.56 bits per heavy atom. The zero-order valence-electron chi connectivity index (χ0n) is 9.31. The van der Waals surface area contributed by atoms with Gasteiger partial charge in [0.05, 0.1) is 0 Å². The molecule has 0 saturated carbocycles. The molecule has 2 heterocycles. The molecule has 0 aliphatic carbocycles. The maximum Gasteiger partial charge on any atom is 0.328 e. The van der Waals surface area contributed by atoms with Gasteiger partial charge in [-0.1, -0.05) is 0 Å². The topological polar surface area (TPSA) is 117 Å². The van der Waals surface area contributed by atoms with Crippen molar-refractivity contribution >= 4 is 17.8 Å². The Labute approximate surface area is 101 Å². The number of hydrogen-bond acceptors (Lipinski definition) is 5. The highest BCUT2D eigenvalue weighted by molar-refractivity contribution is 5.91. The van der Waals surface area contributed by atoms with Crippen LogP contribution in [-0.2, 0) is 20.9 Å². The second kappa shape index (κ2) is 4.82. The summed E-state index contributed by atoms with van der Waals surface area (Å²) >= 11 is 0. The number of carbonyl (C=O) groups is 3. The number of aliphatic carboxylic acids is 1. The summed E-state index contributed by atoms with van der Waals surface area (Å²) < 4.78 is 1.27. The van der Waals surface area contributed by atoms with Gasteiger partial charge in [0, 0.05) is 6.54 Å². The van der Waals surface area contributed by atoms with Crippen LogP contribution in [-0.4, -0.2) is 61.7 Å². The van der Waals surface area contributed by atoms with Crippen molar-refractivity contribution in [1.29, 1.82) is 0 Å². The van der Waals surface area contributed by atoms with Gasteiger partial charge in [-0.05, 0) is 0 Å². The van der Waals surface area contributed by atoms with Crippen molar-refractivity contribution < 1.29 is 19.5 Å². The van der Waals surface area contributed by atoms with E-state index in [4.69, 9.17) is 5.11 Å². The number of piperazine rings is 1. The Morgan fingerprint density at radius 2 is 2.33 bits per heavy atom. The molecule has 0 radical (unpaired) electrons. The summed E-state index contributed by atoms with van der Waals surface area (Å²) in [5.74, 6) is -2.01. The van der Waals surface area contributed by atoms with Crippen molar-refractivity contribution in [3.63, 3.8) is 0 Å². The van der Waals surface area contributed by atoms with Gasteiger partial charge >= 0.3 is 5.97 Å². The monoisotopic (exact) mass is 253 g/mol. The molecule has 1 aliphatic heterocycles. The van der Waals surface area contributed by atoms with Gasteiger partial charge in [0.1, 0.15) is 31.8 Å². The van der Waals surface area contributed by atoms with Crippen molar-refractivity contribution in [3.05, 3.63) is 12.7 Å². The first-order valence-electron chi connectivity index (χ1n) is 5.19. The van der Waals surface area contributed by atoms with Crippen molar-refractivity contribution in [2.24, 2.45) is 0 Å². The van der Waals surface area contributed by atoms with E-state index in [1.165, 1.54) is 17.3 Å². The summed E-state index contributed by atoms with van der Waals surface area (Å²) in [5.41, 5.74) is 0. The Bertz CT molecular complexity index is 471. The Morgan fingerprint density at radius 3 is 2.94 bits per heavy atom. The number of aromatic nitrogens is 3. The molecule has 1 unspecified atom stereocenters.